The Morgan fingerprint density at radius 3 is 2.50 bits per heavy atom. The minimum absolute atomic E-state index is 0.872. The molecule has 0 spiro atoms. The van der Waals surface area contributed by atoms with Gasteiger partial charge in [-0.1, -0.05) is 33.4 Å². The number of rotatable bonds is 3. The topological polar surface area (TPSA) is 24.5 Å². The van der Waals surface area contributed by atoms with Gasteiger partial charge in [0.2, 0.25) is 0 Å². The van der Waals surface area contributed by atoms with Crippen molar-refractivity contribution >= 4 is 5.69 Å². The Balaban J connectivity index is 0.000000366. The van der Waals surface area contributed by atoms with E-state index in [1.54, 1.807) is 7.11 Å². The molecule has 1 fully saturated rings. The van der Waals surface area contributed by atoms with Crippen molar-refractivity contribution in [3.8, 4) is 5.75 Å². The summed E-state index contributed by atoms with van der Waals surface area (Å²) in [5.41, 5.74) is 2.24. The minimum atomic E-state index is 0.872. The molecule has 1 aliphatic heterocycles. The van der Waals surface area contributed by atoms with Crippen molar-refractivity contribution in [3.05, 3.63) is 36.5 Å². The molecular formula is C19H34N2O. The van der Waals surface area contributed by atoms with Gasteiger partial charge < -0.3 is 15.0 Å². The second kappa shape index (κ2) is 12.0. The van der Waals surface area contributed by atoms with Gasteiger partial charge in [-0.25, -0.2) is 0 Å². The molecule has 1 aromatic carbocycles. The van der Waals surface area contributed by atoms with Crippen molar-refractivity contribution < 1.29 is 4.74 Å². The Hall–Kier alpha value is -1.64. The molecule has 1 N–H and O–H groups in total. The normalized spacial score (nSPS) is 16.5. The lowest BCUT2D eigenvalue weighted by molar-refractivity contribution is 0.248. The monoisotopic (exact) mass is 306 g/mol. The highest BCUT2D eigenvalue weighted by molar-refractivity contribution is 5.57. The molecule has 3 heteroatoms. The highest BCUT2D eigenvalue weighted by atomic mass is 16.5. The number of ether oxygens (including phenoxy) is 1. The Morgan fingerprint density at radius 2 is 2.05 bits per heavy atom. The predicted octanol–water partition coefficient (Wildman–Crippen LogP) is 4.93. The van der Waals surface area contributed by atoms with E-state index in [0.717, 1.165) is 17.4 Å². The molecule has 126 valence electrons. The van der Waals surface area contributed by atoms with Crippen LogP contribution in [0.5, 0.6) is 5.75 Å². The third kappa shape index (κ3) is 7.39. The van der Waals surface area contributed by atoms with Crippen LogP contribution in [0, 0.1) is 12.8 Å². The summed E-state index contributed by atoms with van der Waals surface area (Å²) in [5, 5.41) is 3.05. The maximum atomic E-state index is 5.15. The average molecular weight is 306 g/mol. The molecule has 1 atom stereocenters. The van der Waals surface area contributed by atoms with Crippen LogP contribution >= 0.6 is 0 Å². The number of nitrogens with one attached hydrogen (secondary N) is 1. The Kier molecular flexibility index (Phi) is 11.1. The summed E-state index contributed by atoms with van der Waals surface area (Å²) in [4.78, 5) is 2.30. The van der Waals surface area contributed by atoms with E-state index >= 15 is 0 Å². The van der Waals surface area contributed by atoms with E-state index in [4.69, 9.17) is 4.74 Å². The Morgan fingerprint density at radius 1 is 1.36 bits per heavy atom. The highest BCUT2D eigenvalue weighted by Crippen LogP contribution is 2.24. The lowest BCUT2D eigenvalue weighted by Crippen LogP contribution is -2.29. The molecule has 1 unspecified atom stereocenters. The summed E-state index contributed by atoms with van der Waals surface area (Å²) in [7, 11) is 3.56. The number of methoxy groups -OCH3 is 1. The first kappa shape index (κ1) is 20.4. The lowest BCUT2D eigenvalue weighted by atomic mass is 10.0. The first-order valence-electron chi connectivity index (χ1n) is 8.29. The van der Waals surface area contributed by atoms with Crippen LogP contribution in [0.4, 0.5) is 5.69 Å². The van der Waals surface area contributed by atoms with Crippen molar-refractivity contribution in [1.82, 2.24) is 4.90 Å². The van der Waals surface area contributed by atoms with Gasteiger partial charge in [-0.05, 0) is 49.6 Å². The molecule has 2 rings (SSSR count). The number of nitrogens with zero attached hydrogens (tertiary/aromatic N) is 1. The standard InChI is InChI=1S/C9H13NO.C8H15N.C2H6/c1-7-4-5-8(10-2)9(6-7)11-3;1-3-9-6-4-5-8(2)7-9;1-2/h4-6,10H,1-3H3;3,8H,1,4-7H2,2H3;1-2H3. The summed E-state index contributed by atoms with van der Waals surface area (Å²) in [6, 6.07) is 6.06. The highest BCUT2D eigenvalue weighted by Gasteiger charge is 2.11. The molecule has 0 aliphatic carbocycles. The van der Waals surface area contributed by atoms with E-state index in [2.05, 4.69) is 23.7 Å². The van der Waals surface area contributed by atoms with Gasteiger partial charge in [0.1, 0.15) is 5.75 Å². The number of likely N-dealkylation sites (tertiary alicyclic amines) is 1. The SMILES string of the molecule is C=CN1CCCC(C)C1.CC.CNc1ccc(C)cc1OC. The van der Waals surface area contributed by atoms with Crippen LogP contribution in [0.1, 0.15) is 39.2 Å². The molecule has 0 amide bonds. The third-order valence-electron chi connectivity index (χ3n) is 3.57. The van der Waals surface area contributed by atoms with Crippen molar-refractivity contribution in [1.29, 1.82) is 0 Å². The quantitative estimate of drug-likeness (QED) is 0.856. The Bertz CT molecular complexity index is 418. The second-order valence-corrected chi connectivity index (χ2v) is 5.38. The van der Waals surface area contributed by atoms with Gasteiger partial charge in [-0.2, -0.15) is 0 Å². The van der Waals surface area contributed by atoms with Gasteiger partial charge in [0.05, 0.1) is 12.8 Å². The van der Waals surface area contributed by atoms with Crippen molar-refractivity contribution in [2.75, 3.05) is 32.6 Å². The van der Waals surface area contributed by atoms with E-state index in [1.165, 1.54) is 31.5 Å². The van der Waals surface area contributed by atoms with Gasteiger partial charge in [0.25, 0.3) is 0 Å². The second-order valence-electron chi connectivity index (χ2n) is 5.38. The van der Waals surface area contributed by atoms with Gasteiger partial charge in [0, 0.05) is 20.1 Å². The average Bonchev–Trinajstić information content (AvgIpc) is 2.57. The van der Waals surface area contributed by atoms with Gasteiger partial charge in [0.15, 0.2) is 0 Å². The molecular weight excluding hydrogens is 272 g/mol. The smallest absolute Gasteiger partial charge is 0.142 e. The summed E-state index contributed by atoms with van der Waals surface area (Å²) in [6.07, 6.45) is 4.69. The van der Waals surface area contributed by atoms with Gasteiger partial charge >= 0.3 is 0 Å². The van der Waals surface area contributed by atoms with Crippen LogP contribution in [0.25, 0.3) is 0 Å². The van der Waals surface area contributed by atoms with Gasteiger partial charge in [-0.15, -0.1) is 0 Å². The predicted molar refractivity (Wildman–Crippen MR) is 98.8 cm³/mol. The third-order valence-corrected chi connectivity index (χ3v) is 3.57. The first-order chi connectivity index (χ1) is 10.6. The number of hydrogen-bond acceptors (Lipinski definition) is 3. The molecule has 0 radical (unpaired) electrons. The fraction of sp³-hybridized carbons (Fsp3) is 0.579. The summed E-state index contributed by atoms with van der Waals surface area (Å²) < 4.78 is 5.15. The van der Waals surface area contributed by atoms with E-state index < -0.39 is 0 Å². The summed E-state index contributed by atoms with van der Waals surface area (Å²) >= 11 is 0. The minimum Gasteiger partial charge on any atom is -0.495 e. The van der Waals surface area contributed by atoms with Gasteiger partial charge in [-0.3, -0.25) is 0 Å². The molecule has 1 heterocycles. The zero-order valence-corrected chi connectivity index (χ0v) is 15.3. The Labute approximate surface area is 137 Å². The van der Waals surface area contributed by atoms with E-state index in [9.17, 15) is 0 Å². The van der Waals surface area contributed by atoms with Crippen molar-refractivity contribution in [3.63, 3.8) is 0 Å². The molecule has 1 aliphatic rings. The molecule has 22 heavy (non-hydrogen) atoms. The first-order valence-corrected chi connectivity index (χ1v) is 8.29. The molecule has 1 aromatic rings. The maximum absolute atomic E-state index is 5.15. The summed E-state index contributed by atoms with van der Waals surface area (Å²) in [6.45, 7) is 14.5. The number of aryl methyl sites for hydroxylation is 1. The number of piperidine rings is 1. The van der Waals surface area contributed by atoms with E-state index in [0.29, 0.717) is 0 Å². The van der Waals surface area contributed by atoms with Crippen LogP contribution in [0.3, 0.4) is 0 Å². The zero-order chi connectivity index (χ0) is 17.0. The fourth-order valence-corrected chi connectivity index (χ4v) is 2.40. The zero-order valence-electron chi connectivity index (χ0n) is 15.3. The van der Waals surface area contributed by atoms with Crippen molar-refractivity contribution in [2.45, 2.75) is 40.5 Å². The van der Waals surface area contributed by atoms with E-state index in [1.807, 2.05) is 52.2 Å². The molecule has 3 nitrogen and oxygen atoms in total. The fourth-order valence-electron chi connectivity index (χ4n) is 2.40. The van der Waals surface area contributed by atoms with Crippen LogP contribution in [-0.2, 0) is 0 Å². The lowest BCUT2D eigenvalue weighted by Gasteiger charge is -2.29. The largest absolute Gasteiger partial charge is 0.495 e. The van der Waals surface area contributed by atoms with E-state index in [-0.39, 0.29) is 0 Å². The summed E-state index contributed by atoms with van der Waals surface area (Å²) in [5.74, 6) is 1.77. The van der Waals surface area contributed by atoms with Crippen molar-refractivity contribution in [2.24, 2.45) is 5.92 Å². The van der Waals surface area contributed by atoms with Crippen LogP contribution in [-0.4, -0.2) is 32.1 Å². The molecule has 0 bridgehead atoms. The molecule has 1 saturated heterocycles. The molecule has 0 saturated carbocycles. The maximum Gasteiger partial charge on any atom is 0.142 e. The molecule has 0 aromatic heterocycles. The van der Waals surface area contributed by atoms with Crippen LogP contribution in [0.2, 0.25) is 0 Å². The van der Waals surface area contributed by atoms with Crippen LogP contribution in [0.15, 0.2) is 31.0 Å². The van der Waals surface area contributed by atoms with Crippen LogP contribution < -0.4 is 10.1 Å². The number of anilines is 1. The number of hydrogen-bond donors (Lipinski definition) is 1. The number of benzene rings is 1.